The van der Waals surface area contributed by atoms with Crippen LogP contribution in [0.15, 0.2) is 12.1 Å². The molecule has 0 atom stereocenters. The largest absolute Gasteiger partial charge is 0.492 e. The summed E-state index contributed by atoms with van der Waals surface area (Å²) in [5, 5.41) is 0. The lowest BCUT2D eigenvalue weighted by molar-refractivity contribution is 0.325. The third-order valence-electron chi connectivity index (χ3n) is 1.94. The van der Waals surface area contributed by atoms with Crippen molar-refractivity contribution >= 4 is 5.69 Å². The fraction of sp³-hybridized carbons (Fsp3) is 0.455. The molecule has 0 bridgehead atoms. The number of nitrogen functional groups attached to an aromatic ring is 1. The predicted molar refractivity (Wildman–Crippen MR) is 57.9 cm³/mol. The van der Waals surface area contributed by atoms with Crippen LogP contribution in [0.5, 0.6) is 11.5 Å². The smallest absolute Gasteiger partial charge is 0.148 e. The SMILES string of the molecule is CCOc1ccc(C)c(OCC)c1N. The standard InChI is InChI=1S/C11H17NO2/c1-4-13-9-7-6-8(3)11(10(9)12)14-5-2/h6-7H,4-5,12H2,1-3H3. The Morgan fingerprint density at radius 3 is 2.36 bits per heavy atom. The van der Waals surface area contributed by atoms with Gasteiger partial charge in [-0.3, -0.25) is 0 Å². The van der Waals surface area contributed by atoms with E-state index in [0.29, 0.717) is 24.7 Å². The second kappa shape index (κ2) is 4.74. The first kappa shape index (κ1) is 10.7. The Morgan fingerprint density at radius 2 is 1.79 bits per heavy atom. The van der Waals surface area contributed by atoms with E-state index in [1.807, 2.05) is 32.9 Å². The molecule has 0 heterocycles. The molecule has 0 saturated heterocycles. The summed E-state index contributed by atoms with van der Waals surface area (Å²) in [5.74, 6) is 1.43. The number of hydrogen-bond donors (Lipinski definition) is 1. The monoisotopic (exact) mass is 195 g/mol. The fourth-order valence-corrected chi connectivity index (χ4v) is 1.31. The van der Waals surface area contributed by atoms with Crippen LogP contribution in [0.25, 0.3) is 0 Å². The number of ether oxygens (including phenoxy) is 2. The highest BCUT2D eigenvalue weighted by Crippen LogP contribution is 2.34. The van der Waals surface area contributed by atoms with Crippen molar-refractivity contribution in [3.63, 3.8) is 0 Å². The van der Waals surface area contributed by atoms with Gasteiger partial charge in [-0.1, -0.05) is 6.07 Å². The number of benzene rings is 1. The molecule has 14 heavy (non-hydrogen) atoms. The first-order valence-corrected chi connectivity index (χ1v) is 4.85. The highest BCUT2D eigenvalue weighted by Gasteiger charge is 2.09. The maximum Gasteiger partial charge on any atom is 0.148 e. The second-order valence-corrected chi connectivity index (χ2v) is 2.99. The molecule has 0 amide bonds. The predicted octanol–water partition coefficient (Wildman–Crippen LogP) is 2.37. The Kier molecular flexibility index (Phi) is 3.63. The third kappa shape index (κ3) is 2.10. The van der Waals surface area contributed by atoms with Gasteiger partial charge >= 0.3 is 0 Å². The molecule has 0 radical (unpaired) electrons. The van der Waals surface area contributed by atoms with Crippen molar-refractivity contribution in [3.05, 3.63) is 17.7 Å². The minimum Gasteiger partial charge on any atom is -0.492 e. The van der Waals surface area contributed by atoms with Crippen molar-refractivity contribution in [1.82, 2.24) is 0 Å². The molecule has 1 aromatic rings. The van der Waals surface area contributed by atoms with Crippen LogP contribution in [-0.2, 0) is 0 Å². The molecule has 3 nitrogen and oxygen atoms in total. The molecule has 0 unspecified atom stereocenters. The summed E-state index contributed by atoms with van der Waals surface area (Å²) in [6, 6.07) is 3.82. The zero-order valence-electron chi connectivity index (χ0n) is 8.96. The van der Waals surface area contributed by atoms with Crippen LogP contribution in [0.4, 0.5) is 5.69 Å². The van der Waals surface area contributed by atoms with Crippen LogP contribution in [0, 0.1) is 6.92 Å². The number of anilines is 1. The van der Waals surface area contributed by atoms with Gasteiger partial charge in [0, 0.05) is 0 Å². The molecule has 1 rings (SSSR count). The van der Waals surface area contributed by atoms with Crippen LogP contribution in [0.3, 0.4) is 0 Å². The minimum atomic E-state index is 0.591. The molecule has 2 N–H and O–H groups in total. The molecule has 3 heteroatoms. The molecule has 78 valence electrons. The van der Waals surface area contributed by atoms with E-state index < -0.39 is 0 Å². The Balaban J connectivity index is 3.05. The van der Waals surface area contributed by atoms with Crippen LogP contribution >= 0.6 is 0 Å². The van der Waals surface area contributed by atoms with Crippen molar-refractivity contribution in [2.45, 2.75) is 20.8 Å². The fourth-order valence-electron chi connectivity index (χ4n) is 1.31. The molecule has 0 aliphatic heterocycles. The highest BCUT2D eigenvalue weighted by atomic mass is 16.5. The van der Waals surface area contributed by atoms with Gasteiger partial charge in [-0.15, -0.1) is 0 Å². The van der Waals surface area contributed by atoms with Gasteiger partial charge in [-0.25, -0.2) is 0 Å². The van der Waals surface area contributed by atoms with Gasteiger partial charge in [0.25, 0.3) is 0 Å². The first-order chi connectivity index (χ1) is 6.70. The molecular weight excluding hydrogens is 178 g/mol. The Bertz CT molecular complexity index is 310. The molecule has 1 aromatic carbocycles. The summed E-state index contributed by atoms with van der Waals surface area (Å²) in [7, 11) is 0. The topological polar surface area (TPSA) is 44.5 Å². The summed E-state index contributed by atoms with van der Waals surface area (Å²) in [5.41, 5.74) is 7.53. The van der Waals surface area contributed by atoms with Gasteiger partial charge in [0.2, 0.25) is 0 Å². The van der Waals surface area contributed by atoms with Crippen molar-refractivity contribution < 1.29 is 9.47 Å². The molecule has 0 aromatic heterocycles. The van der Waals surface area contributed by atoms with Gasteiger partial charge in [0.1, 0.15) is 17.2 Å². The Hall–Kier alpha value is -1.38. The van der Waals surface area contributed by atoms with Crippen LogP contribution < -0.4 is 15.2 Å². The van der Waals surface area contributed by atoms with Crippen molar-refractivity contribution in [2.75, 3.05) is 18.9 Å². The van der Waals surface area contributed by atoms with Gasteiger partial charge in [0.05, 0.1) is 13.2 Å². The van der Waals surface area contributed by atoms with E-state index in [1.165, 1.54) is 0 Å². The van der Waals surface area contributed by atoms with E-state index in [0.717, 1.165) is 11.3 Å². The number of aryl methyl sites for hydroxylation is 1. The maximum absolute atomic E-state index is 5.91. The third-order valence-corrected chi connectivity index (χ3v) is 1.94. The summed E-state index contributed by atoms with van der Waals surface area (Å²) in [6.45, 7) is 7.06. The quantitative estimate of drug-likeness (QED) is 0.750. The first-order valence-electron chi connectivity index (χ1n) is 4.85. The van der Waals surface area contributed by atoms with Crippen molar-refractivity contribution in [1.29, 1.82) is 0 Å². The van der Waals surface area contributed by atoms with E-state index in [1.54, 1.807) is 0 Å². The van der Waals surface area contributed by atoms with Gasteiger partial charge in [-0.05, 0) is 32.4 Å². The number of nitrogens with two attached hydrogens (primary N) is 1. The van der Waals surface area contributed by atoms with Gasteiger partial charge in [-0.2, -0.15) is 0 Å². The van der Waals surface area contributed by atoms with E-state index in [-0.39, 0.29) is 0 Å². The van der Waals surface area contributed by atoms with Crippen molar-refractivity contribution in [3.8, 4) is 11.5 Å². The molecule has 0 saturated carbocycles. The summed E-state index contributed by atoms with van der Waals surface area (Å²) >= 11 is 0. The van der Waals surface area contributed by atoms with E-state index in [4.69, 9.17) is 15.2 Å². The number of rotatable bonds is 4. The summed E-state index contributed by atoms with van der Waals surface area (Å²) in [6.07, 6.45) is 0. The molecular formula is C11H17NO2. The zero-order chi connectivity index (χ0) is 10.6. The Morgan fingerprint density at radius 1 is 1.14 bits per heavy atom. The second-order valence-electron chi connectivity index (χ2n) is 2.99. The van der Waals surface area contributed by atoms with E-state index in [2.05, 4.69) is 0 Å². The minimum absolute atomic E-state index is 0.591. The molecule has 0 aliphatic carbocycles. The molecule has 0 aliphatic rings. The lowest BCUT2D eigenvalue weighted by Crippen LogP contribution is -2.02. The molecule has 0 fully saturated rings. The van der Waals surface area contributed by atoms with Gasteiger partial charge < -0.3 is 15.2 Å². The van der Waals surface area contributed by atoms with Crippen LogP contribution in [-0.4, -0.2) is 13.2 Å². The summed E-state index contributed by atoms with van der Waals surface area (Å²) in [4.78, 5) is 0. The van der Waals surface area contributed by atoms with Crippen molar-refractivity contribution in [2.24, 2.45) is 0 Å². The summed E-state index contributed by atoms with van der Waals surface area (Å²) < 4.78 is 10.8. The van der Waals surface area contributed by atoms with Crippen LogP contribution in [0.2, 0.25) is 0 Å². The van der Waals surface area contributed by atoms with E-state index in [9.17, 15) is 0 Å². The lowest BCUT2D eigenvalue weighted by Gasteiger charge is -2.13. The maximum atomic E-state index is 5.91. The van der Waals surface area contributed by atoms with Gasteiger partial charge in [0.15, 0.2) is 0 Å². The van der Waals surface area contributed by atoms with Crippen LogP contribution in [0.1, 0.15) is 19.4 Å². The van der Waals surface area contributed by atoms with E-state index >= 15 is 0 Å². The zero-order valence-corrected chi connectivity index (χ0v) is 8.96. The Labute approximate surface area is 84.8 Å². The molecule has 0 spiro atoms. The normalized spacial score (nSPS) is 9.93. The highest BCUT2D eigenvalue weighted by molar-refractivity contribution is 5.65. The average Bonchev–Trinajstić information content (AvgIpc) is 2.17. The lowest BCUT2D eigenvalue weighted by atomic mass is 10.2. The average molecular weight is 195 g/mol. The number of hydrogen-bond acceptors (Lipinski definition) is 3.